The highest BCUT2D eigenvalue weighted by molar-refractivity contribution is 5.96. The fourth-order valence-electron chi connectivity index (χ4n) is 1.87. The Hall–Kier alpha value is -2.41. The summed E-state index contributed by atoms with van der Waals surface area (Å²) in [6.07, 6.45) is 5.44. The molecule has 0 aromatic carbocycles. The van der Waals surface area contributed by atoms with E-state index in [-0.39, 0.29) is 5.84 Å². The van der Waals surface area contributed by atoms with Crippen LogP contribution in [0.3, 0.4) is 0 Å². The molecule has 0 bridgehead atoms. The molecule has 0 fully saturated rings. The minimum absolute atomic E-state index is 0.0186. The van der Waals surface area contributed by atoms with E-state index in [1.807, 2.05) is 36.1 Å². The molecule has 0 aliphatic rings. The van der Waals surface area contributed by atoms with E-state index in [0.29, 0.717) is 12.2 Å². The number of nitrogens with zero attached hydrogens (tertiary/aromatic N) is 4. The number of aromatic nitrogens is 3. The number of pyridine rings is 1. The maximum Gasteiger partial charge on any atom is 0.189 e. The van der Waals surface area contributed by atoms with Crippen LogP contribution in [0.5, 0.6) is 0 Å². The van der Waals surface area contributed by atoms with Gasteiger partial charge in [-0.25, -0.2) is 0 Å². The highest BCUT2D eigenvalue weighted by atomic mass is 16.4. The van der Waals surface area contributed by atoms with Crippen molar-refractivity contribution in [2.75, 3.05) is 6.54 Å². The van der Waals surface area contributed by atoms with E-state index >= 15 is 0 Å². The molecule has 106 valence electrons. The lowest BCUT2D eigenvalue weighted by Gasteiger charge is -2.08. The first kappa shape index (κ1) is 14.0. The number of nitrogens with one attached hydrogen (secondary N) is 1. The maximum atomic E-state index is 8.73. The lowest BCUT2D eigenvalue weighted by atomic mass is 10.2. The number of aryl methyl sites for hydroxylation is 1. The van der Waals surface area contributed by atoms with Gasteiger partial charge in [0.1, 0.15) is 5.69 Å². The van der Waals surface area contributed by atoms with Crippen molar-refractivity contribution in [1.29, 1.82) is 0 Å². The molecule has 2 aromatic heterocycles. The third kappa shape index (κ3) is 3.55. The van der Waals surface area contributed by atoms with Crippen LogP contribution >= 0.6 is 0 Å². The molecule has 20 heavy (non-hydrogen) atoms. The van der Waals surface area contributed by atoms with E-state index in [0.717, 1.165) is 24.2 Å². The number of nitrogens with two attached hydrogens (primary N) is 1. The van der Waals surface area contributed by atoms with Crippen molar-refractivity contribution >= 4 is 5.84 Å². The molecule has 2 heterocycles. The Bertz CT molecular complexity index is 592. The molecular weight excluding hydrogens is 256 g/mol. The molecule has 0 aliphatic heterocycles. The van der Waals surface area contributed by atoms with Gasteiger partial charge in [0.25, 0.3) is 0 Å². The summed E-state index contributed by atoms with van der Waals surface area (Å²) in [5, 5.41) is 19.2. The second kappa shape index (κ2) is 6.67. The zero-order valence-corrected chi connectivity index (χ0v) is 11.3. The standard InChI is InChI=1S/C13H18N6O/c1-10-7-17-19(9-10)6-5-15-8-11-3-2-4-16-12(11)13(14)18-20/h2-4,7,9,15,20H,5-6,8H2,1H3,(H2,14,18). The molecule has 0 saturated carbocycles. The summed E-state index contributed by atoms with van der Waals surface area (Å²) in [4.78, 5) is 4.12. The normalized spacial score (nSPS) is 11.8. The molecule has 0 amide bonds. The molecule has 7 heteroatoms. The number of oxime groups is 1. The van der Waals surface area contributed by atoms with Gasteiger partial charge in [0.15, 0.2) is 5.84 Å². The molecule has 4 N–H and O–H groups in total. The second-order valence-corrected chi connectivity index (χ2v) is 4.45. The van der Waals surface area contributed by atoms with Crippen LogP contribution in [0, 0.1) is 6.92 Å². The predicted molar refractivity (Wildman–Crippen MR) is 75.4 cm³/mol. The average Bonchev–Trinajstić information content (AvgIpc) is 2.89. The number of amidine groups is 1. The van der Waals surface area contributed by atoms with Crippen molar-refractivity contribution in [3.63, 3.8) is 0 Å². The lowest BCUT2D eigenvalue weighted by molar-refractivity contribution is 0.318. The van der Waals surface area contributed by atoms with Gasteiger partial charge in [-0.1, -0.05) is 11.2 Å². The second-order valence-electron chi connectivity index (χ2n) is 4.45. The van der Waals surface area contributed by atoms with Crippen LogP contribution in [0.4, 0.5) is 0 Å². The van der Waals surface area contributed by atoms with Gasteiger partial charge in [-0.2, -0.15) is 5.10 Å². The fraction of sp³-hybridized carbons (Fsp3) is 0.308. The van der Waals surface area contributed by atoms with Crippen molar-refractivity contribution in [1.82, 2.24) is 20.1 Å². The molecule has 0 saturated heterocycles. The van der Waals surface area contributed by atoms with Crippen LogP contribution < -0.4 is 11.1 Å². The van der Waals surface area contributed by atoms with Crippen molar-refractivity contribution in [2.24, 2.45) is 10.9 Å². The first-order valence-electron chi connectivity index (χ1n) is 6.32. The van der Waals surface area contributed by atoms with E-state index in [2.05, 4.69) is 20.6 Å². The fourth-order valence-corrected chi connectivity index (χ4v) is 1.87. The predicted octanol–water partition coefficient (Wildman–Crippen LogP) is 0.471. The van der Waals surface area contributed by atoms with E-state index in [4.69, 9.17) is 10.9 Å². The van der Waals surface area contributed by atoms with Crippen LogP contribution in [-0.2, 0) is 13.1 Å². The maximum absolute atomic E-state index is 8.73. The van der Waals surface area contributed by atoms with Gasteiger partial charge >= 0.3 is 0 Å². The molecule has 2 rings (SSSR count). The van der Waals surface area contributed by atoms with Crippen LogP contribution in [0.15, 0.2) is 35.9 Å². The first-order chi connectivity index (χ1) is 9.70. The summed E-state index contributed by atoms with van der Waals surface area (Å²) in [7, 11) is 0. The van der Waals surface area contributed by atoms with Gasteiger partial charge < -0.3 is 16.3 Å². The van der Waals surface area contributed by atoms with Crippen LogP contribution in [0.1, 0.15) is 16.8 Å². The number of hydrogen-bond acceptors (Lipinski definition) is 5. The van der Waals surface area contributed by atoms with Crippen molar-refractivity contribution in [3.8, 4) is 0 Å². The monoisotopic (exact) mass is 274 g/mol. The van der Waals surface area contributed by atoms with E-state index in [9.17, 15) is 0 Å². The molecule has 0 spiro atoms. The van der Waals surface area contributed by atoms with Gasteiger partial charge in [-0.3, -0.25) is 9.67 Å². The van der Waals surface area contributed by atoms with Gasteiger partial charge in [-0.05, 0) is 24.1 Å². The number of hydrogen-bond donors (Lipinski definition) is 3. The third-order valence-corrected chi connectivity index (χ3v) is 2.84. The minimum atomic E-state index is 0.0186. The molecule has 0 radical (unpaired) electrons. The summed E-state index contributed by atoms with van der Waals surface area (Å²) in [6.45, 7) is 4.16. The van der Waals surface area contributed by atoms with Gasteiger partial charge in [0.2, 0.25) is 0 Å². The lowest BCUT2D eigenvalue weighted by Crippen LogP contribution is -2.23. The van der Waals surface area contributed by atoms with Gasteiger partial charge in [0, 0.05) is 25.5 Å². The highest BCUT2D eigenvalue weighted by Crippen LogP contribution is 2.04. The topological polar surface area (TPSA) is 101 Å². The summed E-state index contributed by atoms with van der Waals surface area (Å²) in [6, 6.07) is 3.72. The van der Waals surface area contributed by atoms with Crippen molar-refractivity contribution in [3.05, 3.63) is 47.5 Å². The summed E-state index contributed by atoms with van der Waals surface area (Å²) >= 11 is 0. The molecule has 7 nitrogen and oxygen atoms in total. The van der Waals surface area contributed by atoms with Crippen LogP contribution in [0.2, 0.25) is 0 Å². The Morgan fingerprint density at radius 2 is 2.40 bits per heavy atom. The molecule has 0 unspecified atom stereocenters. The Morgan fingerprint density at radius 1 is 1.55 bits per heavy atom. The van der Waals surface area contributed by atoms with E-state index in [1.54, 1.807) is 6.20 Å². The summed E-state index contributed by atoms with van der Waals surface area (Å²) in [5.41, 5.74) is 8.12. The minimum Gasteiger partial charge on any atom is -0.409 e. The van der Waals surface area contributed by atoms with Crippen LogP contribution in [-0.4, -0.2) is 32.4 Å². The van der Waals surface area contributed by atoms with Crippen LogP contribution in [0.25, 0.3) is 0 Å². The number of rotatable bonds is 6. The molecule has 0 aliphatic carbocycles. The zero-order chi connectivity index (χ0) is 14.4. The Balaban J connectivity index is 1.88. The SMILES string of the molecule is Cc1cnn(CCNCc2cccnc2/C(N)=N/O)c1. The largest absolute Gasteiger partial charge is 0.409 e. The quantitative estimate of drug-likeness (QED) is 0.234. The first-order valence-corrected chi connectivity index (χ1v) is 6.32. The average molecular weight is 274 g/mol. The smallest absolute Gasteiger partial charge is 0.189 e. The Kier molecular flexibility index (Phi) is 4.67. The summed E-state index contributed by atoms with van der Waals surface area (Å²) in [5.74, 6) is 0.0186. The van der Waals surface area contributed by atoms with Gasteiger partial charge in [-0.15, -0.1) is 0 Å². The van der Waals surface area contributed by atoms with E-state index in [1.165, 1.54) is 0 Å². The van der Waals surface area contributed by atoms with E-state index < -0.39 is 0 Å². The zero-order valence-electron chi connectivity index (χ0n) is 11.3. The third-order valence-electron chi connectivity index (χ3n) is 2.84. The molecule has 2 aromatic rings. The molecular formula is C13H18N6O. The Morgan fingerprint density at radius 3 is 3.10 bits per heavy atom. The highest BCUT2D eigenvalue weighted by Gasteiger charge is 2.07. The summed E-state index contributed by atoms with van der Waals surface area (Å²) < 4.78 is 1.88. The van der Waals surface area contributed by atoms with Crippen molar-refractivity contribution in [2.45, 2.75) is 20.0 Å². The van der Waals surface area contributed by atoms with Crippen molar-refractivity contribution < 1.29 is 5.21 Å². The Labute approximate surface area is 117 Å². The van der Waals surface area contributed by atoms with Gasteiger partial charge in [0.05, 0.1) is 12.7 Å². The molecule has 0 atom stereocenters.